The number of ether oxygens (including phenoxy) is 1. The fraction of sp³-hybridized carbons (Fsp3) is 0.474. The molecular formula is C19H23N5O3. The molecule has 2 aromatic rings. The maximum absolute atomic E-state index is 12.9. The predicted molar refractivity (Wildman–Crippen MR) is 96.6 cm³/mol. The molecule has 4 rings (SSSR count). The molecule has 1 fully saturated rings. The Morgan fingerprint density at radius 1 is 1.33 bits per heavy atom. The highest BCUT2D eigenvalue weighted by atomic mass is 16.5. The molecule has 1 saturated heterocycles. The van der Waals surface area contributed by atoms with E-state index in [1.165, 1.54) is 0 Å². The van der Waals surface area contributed by atoms with E-state index in [-0.39, 0.29) is 18.4 Å². The van der Waals surface area contributed by atoms with E-state index in [4.69, 9.17) is 4.74 Å². The topological polar surface area (TPSA) is 89.4 Å². The number of amides is 2. The maximum atomic E-state index is 12.9. The van der Waals surface area contributed by atoms with Crippen molar-refractivity contribution in [3.05, 3.63) is 47.0 Å². The van der Waals surface area contributed by atoms with Crippen molar-refractivity contribution in [2.24, 2.45) is 0 Å². The van der Waals surface area contributed by atoms with E-state index in [2.05, 4.69) is 20.1 Å². The Balaban J connectivity index is 1.53. The van der Waals surface area contributed by atoms with Gasteiger partial charge in [0, 0.05) is 20.0 Å². The minimum Gasteiger partial charge on any atom is -0.356 e. The molecular weight excluding hydrogens is 346 g/mol. The van der Waals surface area contributed by atoms with Gasteiger partial charge in [0.15, 0.2) is 11.9 Å². The van der Waals surface area contributed by atoms with Crippen molar-refractivity contribution < 1.29 is 14.3 Å². The number of hydrogen-bond donors (Lipinski definition) is 1. The Morgan fingerprint density at radius 2 is 2.15 bits per heavy atom. The van der Waals surface area contributed by atoms with Gasteiger partial charge in [-0.15, -0.1) is 10.2 Å². The van der Waals surface area contributed by atoms with E-state index in [0.717, 1.165) is 42.2 Å². The summed E-state index contributed by atoms with van der Waals surface area (Å²) in [4.78, 5) is 26.7. The molecule has 1 aromatic heterocycles. The number of fused-ring (bicyclic) bond motifs is 1. The highest BCUT2D eigenvalue weighted by Crippen LogP contribution is 2.31. The van der Waals surface area contributed by atoms with Crippen molar-refractivity contribution in [1.29, 1.82) is 0 Å². The molecule has 1 aromatic carbocycles. The van der Waals surface area contributed by atoms with Gasteiger partial charge >= 0.3 is 0 Å². The van der Waals surface area contributed by atoms with Crippen molar-refractivity contribution in [2.75, 3.05) is 13.7 Å². The Morgan fingerprint density at radius 3 is 2.96 bits per heavy atom. The van der Waals surface area contributed by atoms with E-state index >= 15 is 0 Å². The summed E-state index contributed by atoms with van der Waals surface area (Å²) in [6.07, 6.45) is 1.21. The minimum absolute atomic E-state index is 0.0999. The number of nitrogens with zero attached hydrogens (tertiary/aromatic N) is 4. The Labute approximate surface area is 157 Å². The number of benzene rings is 1. The highest BCUT2D eigenvalue weighted by Gasteiger charge is 2.40. The van der Waals surface area contributed by atoms with Crippen molar-refractivity contribution in [3.8, 4) is 0 Å². The first-order chi connectivity index (χ1) is 13.1. The lowest BCUT2D eigenvalue weighted by molar-refractivity contribution is -0.162. The van der Waals surface area contributed by atoms with Gasteiger partial charge in [0.2, 0.25) is 5.91 Å². The third-order valence-corrected chi connectivity index (χ3v) is 5.36. The Bertz CT molecular complexity index is 878. The molecule has 8 heteroatoms. The summed E-state index contributed by atoms with van der Waals surface area (Å²) in [6, 6.07) is 7.28. The highest BCUT2D eigenvalue weighted by molar-refractivity contribution is 5.86. The smallest absolute Gasteiger partial charge is 0.252 e. The number of hydrogen-bond acceptors (Lipinski definition) is 5. The van der Waals surface area contributed by atoms with Crippen LogP contribution in [-0.2, 0) is 33.8 Å². The van der Waals surface area contributed by atoms with Gasteiger partial charge < -0.3 is 19.5 Å². The van der Waals surface area contributed by atoms with E-state index in [9.17, 15) is 9.59 Å². The summed E-state index contributed by atoms with van der Waals surface area (Å²) >= 11 is 0. The quantitative estimate of drug-likeness (QED) is 0.859. The number of aromatic nitrogens is 3. The van der Waals surface area contributed by atoms with Gasteiger partial charge in [0.25, 0.3) is 5.91 Å². The number of aryl methyl sites for hydroxylation is 2. The van der Waals surface area contributed by atoms with Crippen LogP contribution in [0.25, 0.3) is 0 Å². The molecule has 1 N–H and O–H groups in total. The largest absolute Gasteiger partial charge is 0.356 e. The summed E-state index contributed by atoms with van der Waals surface area (Å²) in [5, 5.41) is 11.2. The van der Waals surface area contributed by atoms with Crippen LogP contribution in [0.1, 0.15) is 35.2 Å². The lowest BCUT2D eigenvalue weighted by Crippen LogP contribution is -2.53. The molecule has 0 radical (unpaired) electrons. The summed E-state index contributed by atoms with van der Waals surface area (Å²) < 4.78 is 7.71. The fourth-order valence-corrected chi connectivity index (χ4v) is 3.83. The van der Waals surface area contributed by atoms with Gasteiger partial charge in [-0.3, -0.25) is 9.59 Å². The van der Waals surface area contributed by atoms with Crippen LogP contribution in [0.4, 0.5) is 0 Å². The van der Waals surface area contributed by atoms with Crippen LogP contribution in [0.5, 0.6) is 0 Å². The average Bonchev–Trinajstić information content (AvgIpc) is 3.27. The van der Waals surface area contributed by atoms with Crippen LogP contribution in [0.2, 0.25) is 0 Å². The second kappa shape index (κ2) is 7.11. The molecule has 0 spiro atoms. The zero-order valence-electron chi connectivity index (χ0n) is 15.5. The molecule has 2 aliphatic rings. The second-order valence-corrected chi connectivity index (χ2v) is 7.04. The molecule has 0 unspecified atom stereocenters. The van der Waals surface area contributed by atoms with Gasteiger partial charge in [-0.1, -0.05) is 24.3 Å². The van der Waals surface area contributed by atoms with E-state index < -0.39 is 12.1 Å². The number of carbonyl (C=O) groups is 2. The number of carbonyl (C=O) groups excluding carboxylic acids is 2. The summed E-state index contributed by atoms with van der Waals surface area (Å²) in [5.74, 6) is 1.33. The molecule has 0 aliphatic carbocycles. The van der Waals surface area contributed by atoms with Crippen molar-refractivity contribution >= 4 is 11.8 Å². The van der Waals surface area contributed by atoms with Crippen LogP contribution in [0.15, 0.2) is 24.3 Å². The van der Waals surface area contributed by atoms with Gasteiger partial charge in [0.05, 0.1) is 12.6 Å². The first-order valence-corrected chi connectivity index (χ1v) is 9.17. The zero-order chi connectivity index (χ0) is 19.0. The normalized spacial score (nSPS) is 22.0. The molecule has 2 atom stereocenters. The van der Waals surface area contributed by atoms with E-state index in [0.29, 0.717) is 6.54 Å². The molecule has 142 valence electrons. The predicted octanol–water partition coefficient (Wildman–Crippen LogP) is 0.747. The number of likely N-dealkylation sites (N-methyl/N-ethyl adjacent to an activating group) is 1. The third kappa shape index (κ3) is 3.21. The van der Waals surface area contributed by atoms with Gasteiger partial charge in [0.1, 0.15) is 12.4 Å². The summed E-state index contributed by atoms with van der Waals surface area (Å²) in [7, 11) is 1.72. The molecule has 27 heavy (non-hydrogen) atoms. The van der Waals surface area contributed by atoms with Crippen molar-refractivity contribution in [3.63, 3.8) is 0 Å². The average molecular weight is 369 g/mol. The maximum Gasteiger partial charge on any atom is 0.252 e. The van der Waals surface area contributed by atoms with Gasteiger partial charge in [-0.25, -0.2) is 0 Å². The standard InChI is InChI=1S/C19H23N5O3/c1-12-6-3-4-7-13(12)17-18(27-11-16(25)23(17)2)19(26)20-10-15-22-21-14-8-5-9-24(14)15/h3-4,6-7,17-18H,5,8-11H2,1-2H3,(H,20,26)/t17-,18+/m1/s1. The van der Waals surface area contributed by atoms with Crippen LogP contribution in [0, 0.1) is 6.92 Å². The first-order valence-electron chi connectivity index (χ1n) is 9.17. The molecule has 0 saturated carbocycles. The van der Waals surface area contributed by atoms with Gasteiger partial charge in [-0.05, 0) is 24.5 Å². The van der Waals surface area contributed by atoms with E-state index in [1.54, 1.807) is 11.9 Å². The van der Waals surface area contributed by atoms with Gasteiger partial charge in [-0.2, -0.15) is 0 Å². The second-order valence-electron chi connectivity index (χ2n) is 7.04. The lowest BCUT2D eigenvalue weighted by Gasteiger charge is -2.38. The number of morpholine rings is 1. The lowest BCUT2D eigenvalue weighted by atomic mass is 9.94. The Hall–Kier alpha value is -2.74. The van der Waals surface area contributed by atoms with Crippen LogP contribution in [0.3, 0.4) is 0 Å². The first kappa shape index (κ1) is 17.7. The van der Waals surface area contributed by atoms with E-state index in [1.807, 2.05) is 31.2 Å². The number of nitrogens with one attached hydrogen (secondary N) is 1. The van der Waals surface area contributed by atoms with Crippen LogP contribution < -0.4 is 5.32 Å². The Kier molecular flexibility index (Phi) is 4.65. The SMILES string of the molecule is Cc1ccccc1[C@@H]1[C@@H](C(=O)NCc2nnc3n2CCC3)OCC(=O)N1C. The fourth-order valence-electron chi connectivity index (χ4n) is 3.83. The van der Waals surface area contributed by atoms with Crippen LogP contribution in [-0.4, -0.2) is 51.2 Å². The van der Waals surface area contributed by atoms with Crippen LogP contribution >= 0.6 is 0 Å². The summed E-state index contributed by atoms with van der Waals surface area (Å²) in [6.45, 7) is 3.05. The molecule has 3 heterocycles. The molecule has 2 amide bonds. The summed E-state index contributed by atoms with van der Waals surface area (Å²) in [5.41, 5.74) is 1.93. The molecule has 8 nitrogen and oxygen atoms in total. The monoisotopic (exact) mass is 369 g/mol. The van der Waals surface area contributed by atoms with Crippen molar-refractivity contribution in [1.82, 2.24) is 25.0 Å². The van der Waals surface area contributed by atoms with Crippen molar-refractivity contribution in [2.45, 2.75) is 45.0 Å². The number of rotatable bonds is 4. The minimum atomic E-state index is -0.769. The third-order valence-electron chi connectivity index (χ3n) is 5.36. The molecule has 0 bridgehead atoms. The zero-order valence-corrected chi connectivity index (χ0v) is 15.5. The molecule has 2 aliphatic heterocycles.